The molecule has 20 heavy (non-hydrogen) atoms. The fourth-order valence-electron chi connectivity index (χ4n) is 1.93. The molecular formula is C15H23N3O2. The second kappa shape index (κ2) is 9.23. The Morgan fingerprint density at radius 3 is 2.55 bits per heavy atom. The lowest BCUT2D eigenvalue weighted by molar-refractivity contribution is -0.125. The molecule has 5 nitrogen and oxygen atoms in total. The zero-order valence-electron chi connectivity index (χ0n) is 11.6. The second-order valence-corrected chi connectivity index (χ2v) is 4.83. The third kappa shape index (κ3) is 5.95. The van der Waals surface area contributed by atoms with Crippen LogP contribution < -0.4 is 16.8 Å². The first-order chi connectivity index (χ1) is 9.67. The molecule has 5 heteroatoms. The number of rotatable bonds is 9. The lowest BCUT2D eigenvalue weighted by Gasteiger charge is -2.16. The van der Waals surface area contributed by atoms with Crippen molar-refractivity contribution in [1.29, 1.82) is 0 Å². The standard InChI is InChI=1S/C15H23N3O2/c16-9-5-4-8-13(11-19)18-15(20)14(17)10-12-6-2-1-3-7-12/h1-3,6-7,11,13-14H,4-5,8-10,16-17H2,(H,18,20)/t13-,14-/m1/s1. The minimum absolute atomic E-state index is 0.293. The van der Waals surface area contributed by atoms with E-state index in [2.05, 4.69) is 5.32 Å². The summed E-state index contributed by atoms with van der Waals surface area (Å²) in [5.41, 5.74) is 12.3. The number of nitrogens with two attached hydrogens (primary N) is 2. The van der Waals surface area contributed by atoms with Gasteiger partial charge in [0.1, 0.15) is 6.29 Å². The van der Waals surface area contributed by atoms with Crippen LogP contribution in [0.15, 0.2) is 30.3 Å². The van der Waals surface area contributed by atoms with Crippen LogP contribution in [0.5, 0.6) is 0 Å². The molecule has 0 saturated carbocycles. The highest BCUT2D eigenvalue weighted by molar-refractivity contribution is 5.84. The number of unbranched alkanes of at least 4 members (excludes halogenated alkanes) is 1. The van der Waals surface area contributed by atoms with Gasteiger partial charge < -0.3 is 21.6 Å². The Bertz CT molecular complexity index is 409. The molecule has 1 aromatic carbocycles. The Morgan fingerprint density at radius 2 is 1.95 bits per heavy atom. The largest absolute Gasteiger partial charge is 0.345 e. The number of benzene rings is 1. The molecular weight excluding hydrogens is 254 g/mol. The fourth-order valence-corrected chi connectivity index (χ4v) is 1.93. The van der Waals surface area contributed by atoms with Crippen molar-refractivity contribution >= 4 is 12.2 Å². The number of carbonyl (C=O) groups is 2. The summed E-state index contributed by atoms with van der Waals surface area (Å²) in [7, 11) is 0. The SMILES string of the molecule is NCCCC[C@H](C=O)NC(=O)[C@H](N)Cc1ccccc1. The van der Waals surface area contributed by atoms with Gasteiger partial charge in [0.15, 0.2) is 0 Å². The highest BCUT2D eigenvalue weighted by Gasteiger charge is 2.17. The van der Waals surface area contributed by atoms with Crippen LogP contribution in [-0.4, -0.2) is 30.8 Å². The maximum absolute atomic E-state index is 11.9. The van der Waals surface area contributed by atoms with Gasteiger partial charge in [-0.05, 0) is 37.8 Å². The van der Waals surface area contributed by atoms with Crippen molar-refractivity contribution in [3.8, 4) is 0 Å². The van der Waals surface area contributed by atoms with Gasteiger partial charge in [-0.15, -0.1) is 0 Å². The Kier molecular flexibility index (Phi) is 7.54. The maximum atomic E-state index is 11.9. The minimum atomic E-state index is -0.644. The molecule has 0 radical (unpaired) electrons. The van der Waals surface area contributed by atoms with Crippen molar-refractivity contribution in [1.82, 2.24) is 5.32 Å². The molecule has 0 saturated heterocycles. The predicted octanol–water partition coefficient (Wildman–Crippen LogP) is 0.369. The zero-order chi connectivity index (χ0) is 14.8. The van der Waals surface area contributed by atoms with Gasteiger partial charge in [-0.2, -0.15) is 0 Å². The van der Waals surface area contributed by atoms with Gasteiger partial charge in [-0.25, -0.2) is 0 Å². The molecule has 1 amide bonds. The first kappa shape index (κ1) is 16.3. The van der Waals surface area contributed by atoms with E-state index in [4.69, 9.17) is 11.5 Å². The summed E-state index contributed by atoms with van der Waals surface area (Å²) in [6.07, 6.45) is 3.47. The molecule has 0 unspecified atom stereocenters. The molecule has 0 spiro atoms. The highest BCUT2D eigenvalue weighted by Crippen LogP contribution is 2.03. The first-order valence-corrected chi connectivity index (χ1v) is 6.92. The summed E-state index contributed by atoms with van der Waals surface area (Å²) in [6, 6.07) is 8.44. The zero-order valence-corrected chi connectivity index (χ0v) is 11.6. The van der Waals surface area contributed by atoms with Crippen molar-refractivity contribution in [3.05, 3.63) is 35.9 Å². The van der Waals surface area contributed by atoms with E-state index in [0.29, 0.717) is 19.4 Å². The molecule has 2 atom stereocenters. The predicted molar refractivity (Wildman–Crippen MR) is 79.0 cm³/mol. The molecule has 0 aliphatic heterocycles. The molecule has 0 aliphatic rings. The second-order valence-electron chi connectivity index (χ2n) is 4.83. The topological polar surface area (TPSA) is 98.2 Å². The summed E-state index contributed by atoms with van der Waals surface area (Å²) >= 11 is 0. The van der Waals surface area contributed by atoms with Gasteiger partial charge in [-0.1, -0.05) is 30.3 Å². The van der Waals surface area contributed by atoms with Crippen LogP contribution in [0.1, 0.15) is 24.8 Å². The average Bonchev–Trinajstić information content (AvgIpc) is 2.47. The number of amides is 1. The number of carbonyl (C=O) groups excluding carboxylic acids is 2. The molecule has 0 heterocycles. The third-order valence-electron chi connectivity index (χ3n) is 3.10. The number of aldehydes is 1. The molecule has 5 N–H and O–H groups in total. The summed E-state index contributed by atoms with van der Waals surface area (Å²) < 4.78 is 0. The Hall–Kier alpha value is -1.72. The number of hydrogen-bond acceptors (Lipinski definition) is 4. The van der Waals surface area contributed by atoms with E-state index in [-0.39, 0.29) is 5.91 Å². The molecule has 0 aromatic heterocycles. The Labute approximate surface area is 119 Å². The fraction of sp³-hybridized carbons (Fsp3) is 0.467. The van der Waals surface area contributed by atoms with Crippen LogP contribution in [0.3, 0.4) is 0 Å². The Morgan fingerprint density at radius 1 is 1.25 bits per heavy atom. The van der Waals surface area contributed by atoms with E-state index in [1.54, 1.807) is 0 Å². The van der Waals surface area contributed by atoms with Gasteiger partial charge >= 0.3 is 0 Å². The first-order valence-electron chi connectivity index (χ1n) is 6.92. The van der Waals surface area contributed by atoms with E-state index in [1.165, 1.54) is 0 Å². The third-order valence-corrected chi connectivity index (χ3v) is 3.10. The van der Waals surface area contributed by atoms with Crippen LogP contribution in [0.2, 0.25) is 0 Å². The normalized spacial score (nSPS) is 13.5. The molecule has 1 rings (SSSR count). The monoisotopic (exact) mass is 277 g/mol. The van der Waals surface area contributed by atoms with Gasteiger partial charge in [0.05, 0.1) is 12.1 Å². The van der Waals surface area contributed by atoms with E-state index >= 15 is 0 Å². The van der Waals surface area contributed by atoms with Crippen LogP contribution in [0.25, 0.3) is 0 Å². The van der Waals surface area contributed by atoms with Crippen molar-refractivity contribution in [2.24, 2.45) is 11.5 Å². The van der Waals surface area contributed by atoms with Gasteiger partial charge in [0.25, 0.3) is 0 Å². The summed E-state index contributed by atoms with van der Waals surface area (Å²) in [5, 5.41) is 2.67. The van der Waals surface area contributed by atoms with Gasteiger partial charge in [0.2, 0.25) is 5.91 Å². The van der Waals surface area contributed by atoms with E-state index in [0.717, 1.165) is 24.7 Å². The Balaban J connectivity index is 2.41. The van der Waals surface area contributed by atoms with Gasteiger partial charge in [0, 0.05) is 0 Å². The maximum Gasteiger partial charge on any atom is 0.237 e. The lowest BCUT2D eigenvalue weighted by atomic mass is 10.1. The number of nitrogens with one attached hydrogen (secondary N) is 1. The van der Waals surface area contributed by atoms with Crippen LogP contribution in [0, 0.1) is 0 Å². The molecule has 0 bridgehead atoms. The van der Waals surface area contributed by atoms with Crippen molar-refractivity contribution < 1.29 is 9.59 Å². The van der Waals surface area contributed by atoms with Crippen molar-refractivity contribution in [2.45, 2.75) is 37.8 Å². The van der Waals surface area contributed by atoms with Crippen molar-refractivity contribution in [3.63, 3.8) is 0 Å². The van der Waals surface area contributed by atoms with E-state index in [1.807, 2.05) is 30.3 Å². The summed E-state index contributed by atoms with van der Waals surface area (Å²) in [4.78, 5) is 22.9. The van der Waals surface area contributed by atoms with Crippen LogP contribution in [0.4, 0.5) is 0 Å². The quantitative estimate of drug-likeness (QED) is 0.448. The summed E-state index contributed by atoms with van der Waals surface area (Å²) in [5.74, 6) is -0.293. The lowest BCUT2D eigenvalue weighted by Crippen LogP contribution is -2.47. The number of hydrogen-bond donors (Lipinski definition) is 3. The highest BCUT2D eigenvalue weighted by atomic mass is 16.2. The summed E-state index contributed by atoms with van der Waals surface area (Å²) in [6.45, 7) is 0.590. The molecule has 0 fully saturated rings. The minimum Gasteiger partial charge on any atom is -0.345 e. The van der Waals surface area contributed by atoms with Crippen molar-refractivity contribution in [2.75, 3.05) is 6.54 Å². The average molecular weight is 277 g/mol. The van der Waals surface area contributed by atoms with Gasteiger partial charge in [-0.3, -0.25) is 4.79 Å². The van der Waals surface area contributed by atoms with E-state index in [9.17, 15) is 9.59 Å². The van der Waals surface area contributed by atoms with E-state index < -0.39 is 12.1 Å². The molecule has 110 valence electrons. The van der Waals surface area contributed by atoms with Crippen LogP contribution >= 0.6 is 0 Å². The molecule has 1 aromatic rings. The smallest absolute Gasteiger partial charge is 0.237 e. The molecule has 0 aliphatic carbocycles. The van der Waals surface area contributed by atoms with Crippen LogP contribution in [-0.2, 0) is 16.0 Å².